The standard InChI is InChI=1S/C15H21N5O/c1-5-16-13-18-14(20-15(19-13)21-4)17-12-8-6-7-11(9-12)10(2)3/h6-10H,5H2,1-4H3,(H2,16,17,18,19,20). The van der Waals surface area contributed by atoms with Gasteiger partial charge in [-0.1, -0.05) is 26.0 Å². The smallest absolute Gasteiger partial charge is 0.322 e. The van der Waals surface area contributed by atoms with E-state index in [2.05, 4.69) is 51.6 Å². The van der Waals surface area contributed by atoms with E-state index in [1.165, 1.54) is 12.7 Å². The maximum Gasteiger partial charge on any atom is 0.322 e. The van der Waals surface area contributed by atoms with Gasteiger partial charge in [0.15, 0.2) is 0 Å². The summed E-state index contributed by atoms with van der Waals surface area (Å²) >= 11 is 0. The van der Waals surface area contributed by atoms with Gasteiger partial charge in [-0.25, -0.2) is 0 Å². The van der Waals surface area contributed by atoms with Crippen molar-refractivity contribution in [1.29, 1.82) is 0 Å². The van der Waals surface area contributed by atoms with E-state index in [-0.39, 0.29) is 6.01 Å². The fourth-order valence-electron chi connectivity index (χ4n) is 1.85. The molecule has 112 valence electrons. The molecule has 0 aliphatic heterocycles. The third-order valence-corrected chi connectivity index (χ3v) is 2.94. The molecule has 6 heteroatoms. The van der Waals surface area contributed by atoms with Gasteiger partial charge in [0.2, 0.25) is 11.9 Å². The maximum absolute atomic E-state index is 5.10. The number of hydrogen-bond donors (Lipinski definition) is 2. The van der Waals surface area contributed by atoms with Crippen LogP contribution in [0.15, 0.2) is 24.3 Å². The molecule has 21 heavy (non-hydrogen) atoms. The molecule has 0 saturated heterocycles. The summed E-state index contributed by atoms with van der Waals surface area (Å²) < 4.78 is 5.10. The highest BCUT2D eigenvalue weighted by Gasteiger charge is 2.07. The molecule has 2 N–H and O–H groups in total. The molecule has 1 heterocycles. The van der Waals surface area contributed by atoms with E-state index < -0.39 is 0 Å². The third-order valence-electron chi connectivity index (χ3n) is 2.94. The van der Waals surface area contributed by atoms with Crippen molar-refractivity contribution in [2.45, 2.75) is 26.7 Å². The van der Waals surface area contributed by atoms with Crippen LogP contribution in [0.2, 0.25) is 0 Å². The Kier molecular flexibility index (Phi) is 4.92. The average Bonchev–Trinajstić information content (AvgIpc) is 2.47. The predicted octanol–water partition coefficient (Wildman–Crippen LogP) is 3.18. The van der Waals surface area contributed by atoms with Crippen LogP contribution in [0.3, 0.4) is 0 Å². The zero-order chi connectivity index (χ0) is 15.2. The van der Waals surface area contributed by atoms with Crippen LogP contribution in [0.4, 0.5) is 17.6 Å². The number of benzene rings is 1. The monoisotopic (exact) mass is 287 g/mol. The molecule has 0 bridgehead atoms. The lowest BCUT2D eigenvalue weighted by Gasteiger charge is -2.11. The minimum atomic E-state index is 0.281. The molecule has 0 amide bonds. The SMILES string of the molecule is CCNc1nc(Nc2cccc(C(C)C)c2)nc(OC)n1. The summed E-state index contributed by atoms with van der Waals surface area (Å²) in [5.41, 5.74) is 2.20. The van der Waals surface area contributed by atoms with Gasteiger partial charge in [-0.15, -0.1) is 0 Å². The fourth-order valence-corrected chi connectivity index (χ4v) is 1.85. The molecule has 0 spiro atoms. The molecule has 6 nitrogen and oxygen atoms in total. The first-order valence-electron chi connectivity index (χ1n) is 7.03. The van der Waals surface area contributed by atoms with Crippen LogP contribution in [0.5, 0.6) is 6.01 Å². The summed E-state index contributed by atoms with van der Waals surface area (Å²) in [6.07, 6.45) is 0. The van der Waals surface area contributed by atoms with Crippen molar-refractivity contribution in [3.63, 3.8) is 0 Å². The first kappa shape index (κ1) is 15.0. The van der Waals surface area contributed by atoms with Crippen LogP contribution < -0.4 is 15.4 Å². The minimum absolute atomic E-state index is 0.281. The van der Waals surface area contributed by atoms with E-state index >= 15 is 0 Å². The van der Waals surface area contributed by atoms with Gasteiger partial charge in [-0.2, -0.15) is 15.0 Å². The molecule has 1 aromatic carbocycles. The third kappa shape index (κ3) is 4.05. The number of hydrogen-bond acceptors (Lipinski definition) is 6. The summed E-state index contributed by atoms with van der Waals surface area (Å²) in [7, 11) is 1.54. The lowest BCUT2D eigenvalue weighted by Crippen LogP contribution is -2.08. The van der Waals surface area contributed by atoms with Gasteiger partial charge in [0.25, 0.3) is 0 Å². The van der Waals surface area contributed by atoms with Crippen LogP contribution >= 0.6 is 0 Å². The second kappa shape index (κ2) is 6.88. The van der Waals surface area contributed by atoms with E-state index in [0.29, 0.717) is 17.8 Å². The second-order valence-electron chi connectivity index (χ2n) is 4.90. The zero-order valence-electron chi connectivity index (χ0n) is 12.8. The molecule has 2 aromatic rings. The van der Waals surface area contributed by atoms with Crippen molar-refractivity contribution in [1.82, 2.24) is 15.0 Å². The predicted molar refractivity (Wildman–Crippen MR) is 84.4 cm³/mol. The fraction of sp³-hybridized carbons (Fsp3) is 0.400. The van der Waals surface area contributed by atoms with Crippen LogP contribution in [-0.4, -0.2) is 28.6 Å². The lowest BCUT2D eigenvalue weighted by atomic mass is 10.0. The number of anilines is 3. The molecule has 0 saturated carbocycles. The van der Waals surface area contributed by atoms with Gasteiger partial charge >= 0.3 is 6.01 Å². The Morgan fingerprint density at radius 2 is 1.90 bits per heavy atom. The molecule has 0 unspecified atom stereocenters. The van der Waals surface area contributed by atoms with Crippen LogP contribution in [-0.2, 0) is 0 Å². The Morgan fingerprint density at radius 1 is 1.14 bits per heavy atom. The lowest BCUT2D eigenvalue weighted by molar-refractivity contribution is 0.379. The largest absolute Gasteiger partial charge is 0.467 e. The first-order chi connectivity index (χ1) is 10.1. The van der Waals surface area contributed by atoms with Crippen LogP contribution in [0, 0.1) is 0 Å². The molecule has 0 atom stereocenters. The highest BCUT2D eigenvalue weighted by molar-refractivity contribution is 5.55. The van der Waals surface area contributed by atoms with Gasteiger partial charge in [-0.05, 0) is 30.5 Å². The first-order valence-corrected chi connectivity index (χ1v) is 7.03. The maximum atomic E-state index is 5.10. The van der Waals surface area contributed by atoms with Crippen LogP contribution in [0.25, 0.3) is 0 Å². The Morgan fingerprint density at radius 3 is 2.57 bits per heavy atom. The Hall–Kier alpha value is -2.37. The van der Waals surface area contributed by atoms with E-state index in [9.17, 15) is 0 Å². The van der Waals surface area contributed by atoms with Crippen molar-refractivity contribution >= 4 is 17.6 Å². The van der Waals surface area contributed by atoms with Crippen molar-refractivity contribution in [2.24, 2.45) is 0 Å². The van der Waals surface area contributed by atoms with Gasteiger partial charge in [-0.3, -0.25) is 0 Å². The molecular weight excluding hydrogens is 266 g/mol. The number of rotatable bonds is 6. The molecular formula is C15H21N5O. The molecule has 0 radical (unpaired) electrons. The van der Waals surface area contributed by atoms with Gasteiger partial charge in [0.1, 0.15) is 0 Å². The van der Waals surface area contributed by atoms with E-state index in [0.717, 1.165) is 12.2 Å². The molecule has 1 aromatic heterocycles. The summed E-state index contributed by atoms with van der Waals surface area (Å²) in [5.74, 6) is 1.42. The molecule has 0 fully saturated rings. The van der Waals surface area contributed by atoms with Crippen molar-refractivity contribution < 1.29 is 4.74 Å². The molecule has 0 aliphatic carbocycles. The van der Waals surface area contributed by atoms with E-state index in [1.54, 1.807) is 0 Å². The Bertz CT molecular complexity index is 600. The summed E-state index contributed by atoms with van der Waals surface area (Å²) in [6.45, 7) is 7.04. The van der Waals surface area contributed by atoms with Crippen LogP contribution in [0.1, 0.15) is 32.3 Å². The normalized spacial score (nSPS) is 10.5. The summed E-state index contributed by atoms with van der Waals surface area (Å²) in [6, 6.07) is 8.47. The number of aromatic nitrogens is 3. The number of nitrogens with one attached hydrogen (secondary N) is 2. The molecule has 0 aliphatic rings. The van der Waals surface area contributed by atoms with Crippen molar-refractivity contribution in [2.75, 3.05) is 24.3 Å². The number of ether oxygens (including phenoxy) is 1. The summed E-state index contributed by atoms with van der Waals surface area (Å²) in [5, 5.41) is 6.25. The Labute approximate surface area is 125 Å². The summed E-state index contributed by atoms with van der Waals surface area (Å²) in [4.78, 5) is 12.7. The van der Waals surface area contributed by atoms with Gasteiger partial charge < -0.3 is 15.4 Å². The van der Waals surface area contributed by atoms with E-state index in [1.807, 2.05) is 19.1 Å². The number of methoxy groups -OCH3 is 1. The second-order valence-corrected chi connectivity index (χ2v) is 4.90. The molecule has 2 rings (SSSR count). The highest BCUT2D eigenvalue weighted by Crippen LogP contribution is 2.21. The number of nitrogens with zero attached hydrogens (tertiary/aromatic N) is 3. The van der Waals surface area contributed by atoms with E-state index in [4.69, 9.17) is 4.74 Å². The van der Waals surface area contributed by atoms with Crippen molar-refractivity contribution in [3.8, 4) is 6.01 Å². The Balaban J connectivity index is 2.25. The van der Waals surface area contributed by atoms with Gasteiger partial charge in [0, 0.05) is 12.2 Å². The topological polar surface area (TPSA) is 72.0 Å². The quantitative estimate of drug-likeness (QED) is 0.850. The highest BCUT2D eigenvalue weighted by atomic mass is 16.5. The van der Waals surface area contributed by atoms with Gasteiger partial charge in [0.05, 0.1) is 7.11 Å². The average molecular weight is 287 g/mol. The van der Waals surface area contributed by atoms with Crippen molar-refractivity contribution in [3.05, 3.63) is 29.8 Å². The zero-order valence-corrected chi connectivity index (χ0v) is 12.8. The minimum Gasteiger partial charge on any atom is -0.467 e.